The lowest BCUT2D eigenvalue weighted by atomic mass is 9.73. The predicted molar refractivity (Wildman–Crippen MR) is 97.7 cm³/mol. The molecule has 0 aliphatic heterocycles. The van der Waals surface area contributed by atoms with Crippen LogP contribution in [0, 0.1) is 17.8 Å². The van der Waals surface area contributed by atoms with Crippen LogP contribution in [0.1, 0.15) is 67.5 Å². The van der Waals surface area contributed by atoms with Gasteiger partial charge in [-0.05, 0) is 60.3 Å². The van der Waals surface area contributed by atoms with Gasteiger partial charge in [-0.15, -0.1) is 5.10 Å². The zero-order valence-corrected chi connectivity index (χ0v) is 15.2. The number of fused-ring (bicyclic) bond motifs is 2. The van der Waals surface area contributed by atoms with Gasteiger partial charge in [0.15, 0.2) is 11.6 Å². The van der Waals surface area contributed by atoms with Gasteiger partial charge >= 0.3 is 0 Å². The Bertz CT molecular complexity index is 801. The predicted octanol–water partition coefficient (Wildman–Crippen LogP) is 3.80. The van der Waals surface area contributed by atoms with E-state index < -0.39 is 0 Å². The standard InChI is InChI=1S/C21H26N4O/c26-19(16-5-2-1-3-6-16)8-9-20-22-23-24-25(20)21-10-4-7-17-11-15(13-21)12-18(17)14-21/h1-3,5-6,15,17-18H,4,7-14H2. The van der Waals surface area contributed by atoms with E-state index in [2.05, 4.69) is 20.2 Å². The fourth-order valence-corrected chi connectivity index (χ4v) is 6.12. The summed E-state index contributed by atoms with van der Waals surface area (Å²) in [6.07, 6.45) is 10.2. The topological polar surface area (TPSA) is 60.7 Å². The highest BCUT2D eigenvalue weighted by atomic mass is 16.1. The molecule has 0 N–H and O–H groups in total. The third-order valence-corrected chi connectivity index (χ3v) is 7.12. The molecule has 136 valence electrons. The molecule has 4 atom stereocenters. The Hall–Kier alpha value is -2.04. The fourth-order valence-electron chi connectivity index (χ4n) is 6.12. The monoisotopic (exact) mass is 350 g/mol. The van der Waals surface area contributed by atoms with E-state index in [1.807, 2.05) is 30.3 Å². The lowest BCUT2D eigenvalue weighted by Crippen LogP contribution is -2.41. The first-order valence-electron chi connectivity index (χ1n) is 10.1. The minimum absolute atomic E-state index is 0.105. The van der Waals surface area contributed by atoms with E-state index in [1.54, 1.807) is 0 Å². The van der Waals surface area contributed by atoms with Crippen LogP contribution in [0.5, 0.6) is 0 Å². The van der Waals surface area contributed by atoms with Gasteiger partial charge in [0, 0.05) is 18.4 Å². The Morgan fingerprint density at radius 2 is 2.00 bits per heavy atom. The smallest absolute Gasteiger partial charge is 0.163 e. The Balaban J connectivity index is 1.37. The second-order valence-electron chi connectivity index (χ2n) is 8.68. The highest BCUT2D eigenvalue weighted by Gasteiger charge is 2.51. The van der Waals surface area contributed by atoms with Crippen molar-refractivity contribution in [1.82, 2.24) is 20.2 Å². The second-order valence-corrected chi connectivity index (χ2v) is 8.68. The number of benzene rings is 1. The highest BCUT2D eigenvalue weighted by Crippen LogP contribution is 2.57. The summed E-state index contributed by atoms with van der Waals surface area (Å²) in [4.78, 5) is 12.5. The SMILES string of the molecule is O=C(CCc1nnnn1C12CCCC3CC(CC3C1)C2)c1ccccc1. The maximum absolute atomic E-state index is 12.5. The molecule has 3 bridgehead atoms. The zero-order valence-electron chi connectivity index (χ0n) is 15.2. The molecule has 0 saturated heterocycles. The third kappa shape index (κ3) is 2.68. The molecular formula is C21H26N4O. The molecule has 0 radical (unpaired) electrons. The number of tetrazole rings is 1. The summed E-state index contributed by atoms with van der Waals surface area (Å²) in [5, 5.41) is 12.8. The van der Waals surface area contributed by atoms with Crippen LogP contribution in [-0.2, 0) is 12.0 Å². The quantitative estimate of drug-likeness (QED) is 0.770. The average molecular weight is 350 g/mol. The summed E-state index contributed by atoms with van der Waals surface area (Å²) in [5.74, 6) is 3.71. The number of hydrogen-bond donors (Lipinski definition) is 0. The molecule has 3 aliphatic carbocycles. The number of nitrogens with zero attached hydrogens (tertiary/aromatic N) is 4. The van der Waals surface area contributed by atoms with Crippen LogP contribution >= 0.6 is 0 Å². The maximum atomic E-state index is 12.5. The molecule has 4 unspecified atom stereocenters. The summed E-state index contributed by atoms with van der Waals surface area (Å²) < 4.78 is 2.14. The number of hydrogen-bond acceptors (Lipinski definition) is 4. The lowest BCUT2D eigenvalue weighted by Gasteiger charge is -2.40. The molecule has 3 saturated carbocycles. The molecule has 3 aliphatic rings. The van der Waals surface area contributed by atoms with Crippen molar-refractivity contribution in [3.63, 3.8) is 0 Å². The van der Waals surface area contributed by atoms with Crippen molar-refractivity contribution in [2.24, 2.45) is 17.8 Å². The number of Topliss-reactive ketones (excluding diaryl/α,β-unsaturated/α-hetero) is 1. The molecule has 1 aromatic carbocycles. The summed E-state index contributed by atoms with van der Waals surface area (Å²) in [5.41, 5.74) is 0.880. The number of carbonyl (C=O) groups is 1. The Labute approximate surface area is 154 Å². The first-order chi connectivity index (χ1) is 12.7. The van der Waals surface area contributed by atoms with Gasteiger partial charge in [0.05, 0.1) is 5.54 Å². The average Bonchev–Trinajstić information content (AvgIpc) is 3.21. The van der Waals surface area contributed by atoms with Crippen LogP contribution in [-0.4, -0.2) is 26.0 Å². The van der Waals surface area contributed by atoms with E-state index >= 15 is 0 Å². The molecule has 3 fully saturated rings. The van der Waals surface area contributed by atoms with Gasteiger partial charge in [0.2, 0.25) is 0 Å². The van der Waals surface area contributed by atoms with Crippen molar-refractivity contribution < 1.29 is 4.79 Å². The van der Waals surface area contributed by atoms with Gasteiger partial charge in [-0.1, -0.05) is 43.2 Å². The molecule has 0 amide bonds. The van der Waals surface area contributed by atoms with Crippen molar-refractivity contribution in [1.29, 1.82) is 0 Å². The second kappa shape index (κ2) is 6.29. The van der Waals surface area contributed by atoms with E-state index in [0.29, 0.717) is 12.8 Å². The Morgan fingerprint density at radius 1 is 1.15 bits per heavy atom. The first kappa shape index (κ1) is 16.2. The van der Waals surface area contributed by atoms with Crippen molar-refractivity contribution in [3.05, 3.63) is 41.7 Å². The molecule has 26 heavy (non-hydrogen) atoms. The first-order valence-corrected chi connectivity index (χ1v) is 10.1. The van der Waals surface area contributed by atoms with E-state index in [4.69, 9.17) is 0 Å². The summed E-state index contributed by atoms with van der Waals surface area (Å²) in [7, 11) is 0. The molecule has 1 heterocycles. The van der Waals surface area contributed by atoms with Gasteiger partial charge in [0.25, 0.3) is 0 Å². The zero-order chi connectivity index (χ0) is 17.6. The van der Waals surface area contributed by atoms with Crippen LogP contribution in [0.2, 0.25) is 0 Å². The van der Waals surface area contributed by atoms with Crippen molar-refractivity contribution in [3.8, 4) is 0 Å². The number of carbonyl (C=O) groups excluding carboxylic acids is 1. The largest absolute Gasteiger partial charge is 0.294 e. The lowest BCUT2D eigenvalue weighted by molar-refractivity contribution is 0.0969. The van der Waals surface area contributed by atoms with Crippen LogP contribution in [0.3, 0.4) is 0 Å². The number of aromatic nitrogens is 4. The molecule has 2 aromatic rings. The van der Waals surface area contributed by atoms with Gasteiger partial charge in [-0.2, -0.15) is 0 Å². The van der Waals surface area contributed by atoms with Crippen LogP contribution in [0.25, 0.3) is 0 Å². The van der Waals surface area contributed by atoms with E-state index in [-0.39, 0.29) is 11.3 Å². The number of rotatable bonds is 5. The third-order valence-electron chi connectivity index (χ3n) is 7.12. The minimum atomic E-state index is 0.105. The van der Waals surface area contributed by atoms with Gasteiger partial charge in [0.1, 0.15) is 0 Å². The van der Waals surface area contributed by atoms with E-state index in [9.17, 15) is 4.79 Å². The molecule has 5 nitrogen and oxygen atoms in total. The fraction of sp³-hybridized carbons (Fsp3) is 0.619. The van der Waals surface area contributed by atoms with Crippen LogP contribution < -0.4 is 0 Å². The van der Waals surface area contributed by atoms with Crippen LogP contribution in [0.4, 0.5) is 0 Å². The molecule has 0 spiro atoms. The normalized spacial score (nSPS) is 32.5. The van der Waals surface area contributed by atoms with Gasteiger partial charge in [-0.25, -0.2) is 4.68 Å². The Kier molecular flexibility index (Phi) is 3.91. The number of ketones is 1. The van der Waals surface area contributed by atoms with Crippen molar-refractivity contribution in [2.45, 2.75) is 63.3 Å². The summed E-state index contributed by atoms with van der Waals surface area (Å²) in [6.45, 7) is 0. The highest BCUT2D eigenvalue weighted by molar-refractivity contribution is 5.96. The van der Waals surface area contributed by atoms with Crippen molar-refractivity contribution in [2.75, 3.05) is 0 Å². The maximum Gasteiger partial charge on any atom is 0.163 e. The summed E-state index contributed by atoms with van der Waals surface area (Å²) in [6, 6.07) is 9.53. The van der Waals surface area contributed by atoms with Crippen molar-refractivity contribution >= 4 is 5.78 Å². The van der Waals surface area contributed by atoms with Gasteiger partial charge in [-0.3, -0.25) is 4.79 Å². The van der Waals surface area contributed by atoms with Crippen LogP contribution in [0.15, 0.2) is 30.3 Å². The summed E-state index contributed by atoms with van der Waals surface area (Å²) >= 11 is 0. The molecule has 1 aromatic heterocycles. The molecular weight excluding hydrogens is 324 g/mol. The molecule has 5 rings (SSSR count). The number of aryl methyl sites for hydroxylation is 1. The van der Waals surface area contributed by atoms with E-state index in [0.717, 1.165) is 29.1 Å². The van der Waals surface area contributed by atoms with Gasteiger partial charge < -0.3 is 0 Å². The Morgan fingerprint density at radius 3 is 2.88 bits per heavy atom. The minimum Gasteiger partial charge on any atom is -0.294 e. The molecule has 5 heteroatoms. The van der Waals surface area contributed by atoms with E-state index in [1.165, 1.54) is 44.9 Å².